The number of hydrogen-bond donors (Lipinski definition) is 1. The average molecular weight is 303 g/mol. The number of hydrogen-bond acceptors (Lipinski definition) is 5. The molecule has 2 fully saturated rings. The first kappa shape index (κ1) is 15.0. The average Bonchev–Trinajstić information content (AvgIpc) is 3.09. The smallest absolute Gasteiger partial charge is 0.225 e. The van der Waals surface area contributed by atoms with Gasteiger partial charge in [-0.2, -0.15) is 0 Å². The highest BCUT2D eigenvalue weighted by molar-refractivity contribution is 5.78. The minimum Gasteiger partial charge on any atom is -0.370 e. The molecule has 22 heavy (non-hydrogen) atoms. The van der Waals surface area contributed by atoms with Crippen LogP contribution in [0.25, 0.3) is 0 Å². The molecule has 0 bridgehead atoms. The molecule has 0 amide bonds. The summed E-state index contributed by atoms with van der Waals surface area (Å²) < 4.78 is 0. The van der Waals surface area contributed by atoms with Crippen molar-refractivity contribution in [3.8, 4) is 0 Å². The summed E-state index contributed by atoms with van der Waals surface area (Å²) in [5.74, 6) is 1.47. The van der Waals surface area contributed by atoms with Gasteiger partial charge >= 0.3 is 0 Å². The predicted octanol–water partition coefficient (Wildman–Crippen LogP) is 0.00910. The van der Waals surface area contributed by atoms with E-state index in [1.807, 2.05) is 6.07 Å². The van der Waals surface area contributed by atoms with E-state index in [1.54, 1.807) is 12.4 Å². The molecule has 2 N–H and O–H groups in total. The van der Waals surface area contributed by atoms with Crippen molar-refractivity contribution in [1.82, 2.24) is 19.8 Å². The number of guanidine groups is 1. The zero-order valence-corrected chi connectivity index (χ0v) is 13.1. The Morgan fingerprint density at radius 1 is 1.05 bits per heavy atom. The predicted molar refractivity (Wildman–Crippen MR) is 88.0 cm³/mol. The number of likely N-dealkylation sites (tertiary alicyclic amines) is 1. The first-order valence-electron chi connectivity index (χ1n) is 8.12. The number of nitrogens with zero attached hydrogens (tertiary/aromatic N) is 6. The molecule has 0 spiro atoms. The summed E-state index contributed by atoms with van der Waals surface area (Å²) in [5, 5.41) is 0. The van der Waals surface area contributed by atoms with Crippen LogP contribution < -0.4 is 10.6 Å². The molecule has 2 saturated heterocycles. The van der Waals surface area contributed by atoms with Crippen LogP contribution in [0.1, 0.15) is 12.8 Å². The van der Waals surface area contributed by atoms with Crippen LogP contribution in [0.2, 0.25) is 0 Å². The maximum Gasteiger partial charge on any atom is 0.225 e. The third-order valence-corrected chi connectivity index (χ3v) is 4.33. The van der Waals surface area contributed by atoms with Gasteiger partial charge in [0.25, 0.3) is 0 Å². The van der Waals surface area contributed by atoms with Gasteiger partial charge in [-0.25, -0.2) is 9.97 Å². The lowest BCUT2D eigenvalue weighted by molar-refractivity contribution is 0.345. The normalized spacial score (nSPS) is 20.6. The fraction of sp³-hybridized carbons (Fsp3) is 0.667. The minimum atomic E-state index is 0.674. The van der Waals surface area contributed by atoms with E-state index in [0.29, 0.717) is 5.96 Å². The number of aromatic nitrogens is 2. The molecule has 2 aliphatic rings. The van der Waals surface area contributed by atoms with E-state index in [-0.39, 0.29) is 0 Å². The Bertz CT molecular complexity index is 476. The second-order valence-electron chi connectivity index (χ2n) is 5.81. The molecule has 0 unspecified atom stereocenters. The Kier molecular flexibility index (Phi) is 5.05. The summed E-state index contributed by atoms with van der Waals surface area (Å²) >= 11 is 0. The van der Waals surface area contributed by atoms with Gasteiger partial charge in [-0.05, 0) is 32.0 Å². The first-order chi connectivity index (χ1) is 10.8. The van der Waals surface area contributed by atoms with E-state index in [2.05, 4.69) is 29.7 Å². The molecule has 7 nitrogen and oxygen atoms in total. The number of nitrogens with two attached hydrogens (primary N) is 1. The molecule has 0 aromatic carbocycles. The Morgan fingerprint density at radius 2 is 1.73 bits per heavy atom. The minimum absolute atomic E-state index is 0.674. The van der Waals surface area contributed by atoms with E-state index in [9.17, 15) is 0 Å². The summed E-state index contributed by atoms with van der Waals surface area (Å²) in [6, 6.07) is 1.84. The van der Waals surface area contributed by atoms with Gasteiger partial charge in [0.2, 0.25) is 5.95 Å². The monoisotopic (exact) mass is 303 g/mol. The van der Waals surface area contributed by atoms with Gasteiger partial charge in [-0.1, -0.05) is 0 Å². The van der Waals surface area contributed by atoms with E-state index in [4.69, 9.17) is 5.73 Å². The molecule has 0 atom stereocenters. The van der Waals surface area contributed by atoms with Crippen LogP contribution in [0.15, 0.2) is 23.5 Å². The number of piperazine rings is 1. The number of anilines is 1. The van der Waals surface area contributed by atoms with Crippen molar-refractivity contribution in [3.63, 3.8) is 0 Å². The van der Waals surface area contributed by atoms with Gasteiger partial charge in [0, 0.05) is 45.1 Å². The molecule has 120 valence electrons. The van der Waals surface area contributed by atoms with Crippen molar-refractivity contribution >= 4 is 11.9 Å². The van der Waals surface area contributed by atoms with E-state index >= 15 is 0 Å². The van der Waals surface area contributed by atoms with Crippen LogP contribution in [0.5, 0.6) is 0 Å². The Labute approximate surface area is 131 Å². The molecular formula is C15H25N7. The standard InChI is InChI=1S/C15H25N7/c16-14(17-6-9-20-7-1-2-8-20)21-10-12-22(13-11-21)15-18-4-3-5-19-15/h3-5H,1-2,6-13H2,(H2,16,17). The lowest BCUT2D eigenvalue weighted by Gasteiger charge is -2.35. The molecule has 1 aromatic heterocycles. The van der Waals surface area contributed by atoms with Gasteiger partial charge in [0.05, 0.1) is 6.54 Å². The SMILES string of the molecule is NC(=NCCN1CCCC1)N1CCN(c2ncccn2)CC1. The van der Waals surface area contributed by atoms with Crippen LogP contribution in [-0.2, 0) is 0 Å². The summed E-state index contributed by atoms with van der Waals surface area (Å²) in [5.41, 5.74) is 6.12. The topological polar surface area (TPSA) is 73.9 Å². The lowest BCUT2D eigenvalue weighted by Crippen LogP contribution is -2.51. The highest BCUT2D eigenvalue weighted by atomic mass is 15.4. The van der Waals surface area contributed by atoms with Crippen LogP contribution in [0.3, 0.4) is 0 Å². The number of aliphatic imine (C=N–C) groups is 1. The molecule has 0 saturated carbocycles. The molecular weight excluding hydrogens is 278 g/mol. The van der Waals surface area contributed by atoms with Crippen LogP contribution in [0.4, 0.5) is 5.95 Å². The van der Waals surface area contributed by atoms with Gasteiger partial charge < -0.3 is 20.4 Å². The van der Waals surface area contributed by atoms with Crippen molar-refractivity contribution in [2.75, 3.05) is 57.3 Å². The fourth-order valence-electron chi connectivity index (χ4n) is 3.00. The van der Waals surface area contributed by atoms with Gasteiger partial charge in [-0.15, -0.1) is 0 Å². The van der Waals surface area contributed by atoms with Crippen LogP contribution in [-0.4, -0.2) is 78.1 Å². The Balaban J connectivity index is 1.44. The molecule has 3 rings (SSSR count). The van der Waals surface area contributed by atoms with Crippen molar-refractivity contribution < 1.29 is 0 Å². The third kappa shape index (κ3) is 3.85. The quantitative estimate of drug-likeness (QED) is 0.624. The molecule has 2 aliphatic heterocycles. The van der Waals surface area contributed by atoms with E-state index in [0.717, 1.165) is 45.2 Å². The second kappa shape index (κ2) is 7.40. The molecule has 0 radical (unpaired) electrons. The Hall–Kier alpha value is -1.89. The van der Waals surface area contributed by atoms with Gasteiger partial charge in [-0.3, -0.25) is 4.99 Å². The maximum absolute atomic E-state index is 6.12. The molecule has 1 aromatic rings. The van der Waals surface area contributed by atoms with Crippen LogP contribution in [0, 0.1) is 0 Å². The summed E-state index contributed by atoms with van der Waals surface area (Å²) in [4.78, 5) is 19.9. The highest BCUT2D eigenvalue weighted by Crippen LogP contribution is 2.09. The first-order valence-corrected chi connectivity index (χ1v) is 8.12. The largest absolute Gasteiger partial charge is 0.370 e. The zero-order chi connectivity index (χ0) is 15.2. The van der Waals surface area contributed by atoms with Crippen LogP contribution >= 0.6 is 0 Å². The fourth-order valence-corrected chi connectivity index (χ4v) is 3.00. The summed E-state index contributed by atoms with van der Waals surface area (Å²) in [6.45, 7) is 7.76. The molecule has 3 heterocycles. The van der Waals surface area contributed by atoms with E-state index in [1.165, 1.54) is 25.9 Å². The van der Waals surface area contributed by atoms with Crippen molar-refractivity contribution in [1.29, 1.82) is 0 Å². The van der Waals surface area contributed by atoms with Crippen molar-refractivity contribution in [3.05, 3.63) is 18.5 Å². The summed E-state index contributed by atoms with van der Waals surface area (Å²) in [7, 11) is 0. The van der Waals surface area contributed by atoms with Crippen molar-refractivity contribution in [2.24, 2.45) is 10.7 Å². The Morgan fingerprint density at radius 3 is 2.41 bits per heavy atom. The number of rotatable bonds is 4. The third-order valence-electron chi connectivity index (χ3n) is 4.33. The van der Waals surface area contributed by atoms with E-state index < -0.39 is 0 Å². The highest BCUT2D eigenvalue weighted by Gasteiger charge is 2.19. The summed E-state index contributed by atoms with van der Waals surface area (Å²) in [6.07, 6.45) is 6.21. The zero-order valence-electron chi connectivity index (χ0n) is 13.1. The maximum atomic E-state index is 6.12. The second-order valence-corrected chi connectivity index (χ2v) is 5.81. The van der Waals surface area contributed by atoms with Gasteiger partial charge in [0.15, 0.2) is 5.96 Å². The molecule has 0 aliphatic carbocycles. The van der Waals surface area contributed by atoms with Gasteiger partial charge in [0.1, 0.15) is 0 Å². The lowest BCUT2D eigenvalue weighted by atomic mass is 10.3. The van der Waals surface area contributed by atoms with Crippen molar-refractivity contribution in [2.45, 2.75) is 12.8 Å². The molecule has 7 heteroatoms.